The molecule has 0 aromatic carbocycles. The molecule has 0 unspecified atom stereocenters. The molecule has 0 aliphatic heterocycles. The standard InChI is InChI=1S/C7H11NO7/c1-8-6(13)4(11)2(9)3(10)5(12)7(14)15/h2,4-5,9,11-12H,1H3,(H,8,13)(H,14,15)/t2-,4+,5-/m1/s1. The smallest absolute Gasteiger partial charge is 0.340 e. The summed E-state index contributed by atoms with van der Waals surface area (Å²) in [6, 6.07) is 0. The fraction of sp³-hybridized carbons (Fsp3) is 0.571. The van der Waals surface area contributed by atoms with Crippen LogP contribution >= 0.6 is 0 Å². The van der Waals surface area contributed by atoms with Crippen LogP contribution in [0.3, 0.4) is 0 Å². The minimum absolute atomic E-state index is 1.06. The first-order valence-corrected chi connectivity index (χ1v) is 3.85. The number of likely N-dealkylation sites (N-methyl/N-ethyl adjacent to an activating group) is 1. The lowest BCUT2D eigenvalue weighted by atomic mass is 10.0. The monoisotopic (exact) mass is 221 g/mol. The van der Waals surface area contributed by atoms with E-state index in [1.165, 1.54) is 0 Å². The number of amides is 1. The third-order valence-electron chi connectivity index (χ3n) is 1.61. The number of aliphatic carboxylic acids is 1. The third-order valence-corrected chi connectivity index (χ3v) is 1.61. The van der Waals surface area contributed by atoms with Crippen LogP contribution in [0, 0.1) is 0 Å². The van der Waals surface area contributed by atoms with Crippen LogP contribution in [0.2, 0.25) is 0 Å². The second-order valence-electron chi connectivity index (χ2n) is 2.65. The normalized spacial score (nSPS) is 16.3. The Morgan fingerprint density at radius 1 is 1.07 bits per heavy atom. The average Bonchev–Trinajstić information content (AvgIpc) is 2.23. The van der Waals surface area contributed by atoms with E-state index in [-0.39, 0.29) is 0 Å². The molecule has 3 atom stereocenters. The summed E-state index contributed by atoms with van der Waals surface area (Å²) in [7, 11) is 1.15. The Bertz CT molecular complexity index is 277. The van der Waals surface area contributed by atoms with E-state index in [0.29, 0.717) is 0 Å². The molecular formula is C7H11NO7. The number of aliphatic hydroxyl groups excluding tert-OH is 3. The zero-order chi connectivity index (χ0) is 12.2. The van der Waals surface area contributed by atoms with Crippen molar-refractivity contribution in [3.05, 3.63) is 0 Å². The summed E-state index contributed by atoms with van der Waals surface area (Å²) in [6.45, 7) is 0. The highest BCUT2D eigenvalue weighted by atomic mass is 16.4. The van der Waals surface area contributed by atoms with E-state index in [1.807, 2.05) is 5.32 Å². The van der Waals surface area contributed by atoms with Crippen LogP contribution in [-0.4, -0.2) is 63.4 Å². The summed E-state index contributed by atoms with van der Waals surface area (Å²) in [5, 5.41) is 36.9. The first-order chi connectivity index (χ1) is 6.82. The Labute approximate surface area is 84.1 Å². The Kier molecular flexibility index (Phi) is 4.85. The van der Waals surface area contributed by atoms with Gasteiger partial charge in [-0.2, -0.15) is 0 Å². The number of hydrogen-bond acceptors (Lipinski definition) is 6. The Morgan fingerprint density at radius 3 is 1.87 bits per heavy atom. The first kappa shape index (κ1) is 13.5. The molecule has 8 heteroatoms. The number of aliphatic hydroxyl groups is 3. The highest BCUT2D eigenvalue weighted by molar-refractivity contribution is 6.05. The molecule has 0 fully saturated rings. The molecule has 0 rings (SSSR count). The summed E-state index contributed by atoms with van der Waals surface area (Å²) < 4.78 is 0. The molecule has 0 aromatic heterocycles. The summed E-state index contributed by atoms with van der Waals surface area (Å²) >= 11 is 0. The zero-order valence-electron chi connectivity index (χ0n) is 7.75. The number of rotatable bonds is 5. The molecule has 5 N–H and O–H groups in total. The van der Waals surface area contributed by atoms with Crippen LogP contribution in [0.15, 0.2) is 0 Å². The second kappa shape index (κ2) is 5.39. The van der Waals surface area contributed by atoms with Crippen LogP contribution in [0.25, 0.3) is 0 Å². The number of Topliss-reactive ketones (excluding diaryl/α,β-unsaturated/α-hetero) is 1. The lowest BCUT2D eigenvalue weighted by Gasteiger charge is -2.16. The van der Waals surface area contributed by atoms with E-state index in [1.54, 1.807) is 0 Å². The maximum atomic E-state index is 10.9. The van der Waals surface area contributed by atoms with Crippen LogP contribution < -0.4 is 5.32 Å². The molecule has 0 saturated heterocycles. The van der Waals surface area contributed by atoms with Crippen molar-refractivity contribution in [2.24, 2.45) is 0 Å². The van der Waals surface area contributed by atoms with Crippen molar-refractivity contribution in [3.63, 3.8) is 0 Å². The molecule has 86 valence electrons. The molecule has 1 amide bonds. The van der Waals surface area contributed by atoms with Crippen LogP contribution in [0.4, 0.5) is 0 Å². The summed E-state index contributed by atoms with van der Waals surface area (Å²) in [4.78, 5) is 31.8. The molecule has 0 aliphatic carbocycles. The van der Waals surface area contributed by atoms with Gasteiger partial charge in [-0.25, -0.2) is 4.79 Å². The molecule has 0 aromatic rings. The lowest BCUT2D eigenvalue weighted by molar-refractivity contribution is -0.160. The quantitative estimate of drug-likeness (QED) is 0.302. The Balaban J connectivity index is 4.57. The van der Waals surface area contributed by atoms with E-state index >= 15 is 0 Å². The van der Waals surface area contributed by atoms with Crippen molar-refractivity contribution >= 4 is 17.7 Å². The van der Waals surface area contributed by atoms with Gasteiger partial charge in [-0.3, -0.25) is 9.59 Å². The number of carbonyl (C=O) groups excluding carboxylic acids is 2. The summed E-state index contributed by atoms with van der Waals surface area (Å²) in [5.41, 5.74) is 0. The van der Waals surface area contributed by atoms with Crippen LogP contribution in [0.5, 0.6) is 0 Å². The van der Waals surface area contributed by atoms with E-state index in [4.69, 9.17) is 20.4 Å². The molecule has 8 nitrogen and oxygen atoms in total. The number of carboxylic acids is 1. The highest BCUT2D eigenvalue weighted by Gasteiger charge is 2.36. The fourth-order valence-corrected chi connectivity index (χ4v) is 0.730. The molecular weight excluding hydrogens is 210 g/mol. The van der Waals surface area contributed by atoms with Gasteiger partial charge in [-0.1, -0.05) is 0 Å². The van der Waals surface area contributed by atoms with Gasteiger partial charge in [0.1, 0.15) is 0 Å². The van der Waals surface area contributed by atoms with E-state index in [0.717, 1.165) is 7.05 Å². The van der Waals surface area contributed by atoms with Gasteiger partial charge in [-0.05, 0) is 0 Å². The minimum Gasteiger partial charge on any atom is -0.479 e. The van der Waals surface area contributed by atoms with Gasteiger partial charge in [-0.15, -0.1) is 0 Å². The number of nitrogens with one attached hydrogen (secondary N) is 1. The largest absolute Gasteiger partial charge is 0.479 e. The van der Waals surface area contributed by atoms with Gasteiger partial charge in [0, 0.05) is 7.05 Å². The summed E-state index contributed by atoms with van der Waals surface area (Å²) in [6.07, 6.45) is -6.87. The number of ketones is 1. The van der Waals surface area contributed by atoms with E-state index in [2.05, 4.69) is 0 Å². The predicted molar refractivity (Wildman–Crippen MR) is 44.7 cm³/mol. The van der Waals surface area contributed by atoms with Crippen LogP contribution in [-0.2, 0) is 14.4 Å². The topological polar surface area (TPSA) is 144 Å². The van der Waals surface area contributed by atoms with Crippen molar-refractivity contribution in [2.75, 3.05) is 7.05 Å². The van der Waals surface area contributed by atoms with Gasteiger partial charge < -0.3 is 25.7 Å². The van der Waals surface area contributed by atoms with Crippen molar-refractivity contribution in [2.45, 2.75) is 18.3 Å². The molecule has 15 heavy (non-hydrogen) atoms. The number of carboxylic acid groups (broad SMARTS) is 1. The van der Waals surface area contributed by atoms with Crippen molar-refractivity contribution < 1.29 is 34.8 Å². The molecule has 0 heterocycles. The molecule has 0 bridgehead atoms. The number of carbonyl (C=O) groups is 3. The Hall–Kier alpha value is -1.51. The van der Waals surface area contributed by atoms with E-state index < -0.39 is 36.0 Å². The maximum Gasteiger partial charge on any atom is 0.340 e. The third kappa shape index (κ3) is 3.27. The van der Waals surface area contributed by atoms with Crippen molar-refractivity contribution in [1.29, 1.82) is 0 Å². The molecule has 0 saturated carbocycles. The number of hydrogen-bond donors (Lipinski definition) is 5. The van der Waals surface area contributed by atoms with Gasteiger partial charge >= 0.3 is 5.97 Å². The first-order valence-electron chi connectivity index (χ1n) is 3.85. The second-order valence-corrected chi connectivity index (χ2v) is 2.65. The van der Waals surface area contributed by atoms with Gasteiger partial charge in [0.15, 0.2) is 12.2 Å². The zero-order valence-corrected chi connectivity index (χ0v) is 7.75. The van der Waals surface area contributed by atoms with Crippen LogP contribution in [0.1, 0.15) is 0 Å². The lowest BCUT2D eigenvalue weighted by Crippen LogP contribution is -2.49. The van der Waals surface area contributed by atoms with Crippen molar-refractivity contribution in [1.82, 2.24) is 5.32 Å². The minimum atomic E-state index is -2.47. The Morgan fingerprint density at radius 2 is 1.53 bits per heavy atom. The maximum absolute atomic E-state index is 10.9. The fourth-order valence-electron chi connectivity index (χ4n) is 0.730. The molecule has 0 spiro atoms. The highest BCUT2D eigenvalue weighted by Crippen LogP contribution is 2.00. The average molecular weight is 221 g/mol. The van der Waals surface area contributed by atoms with Gasteiger partial charge in [0.2, 0.25) is 11.9 Å². The SMILES string of the molecule is CNC(=O)[C@@H](O)[C@H](O)C(=O)[C@@H](O)C(=O)O. The summed E-state index contributed by atoms with van der Waals surface area (Å²) in [5.74, 6) is -4.49. The van der Waals surface area contributed by atoms with Crippen molar-refractivity contribution in [3.8, 4) is 0 Å². The van der Waals surface area contributed by atoms with Gasteiger partial charge in [0.25, 0.3) is 5.91 Å². The molecule has 0 radical (unpaired) electrons. The molecule has 0 aliphatic rings. The predicted octanol–water partition coefficient (Wildman–Crippen LogP) is -3.53. The van der Waals surface area contributed by atoms with Gasteiger partial charge in [0.05, 0.1) is 0 Å². The van der Waals surface area contributed by atoms with E-state index in [9.17, 15) is 14.4 Å².